The van der Waals surface area contributed by atoms with E-state index in [0.29, 0.717) is 6.54 Å². The lowest BCUT2D eigenvalue weighted by Crippen LogP contribution is -2.42. The van der Waals surface area contributed by atoms with Gasteiger partial charge in [0.25, 0.3) is 5.91 Å². The molecule has 3 aromatic carbocycles. The van der Waals surface area contributed by atoms with E-state index in [-0.39, 0.29) is 18.4 Å². The Balaban J connectivity index is 1.53. The second kappa shape index (κ2) is 7.29. The van der Waals surface area contributed by atoms with Crippen LogP contribution in [0.4, 0.5) is 9.18 Å². The minimum atomic E-state index is -1.11. The molecule has 3 aromatic rings. The first-order valence-electron chi connectivity index (χ1n) is 9.43. The van der Waals surface area contributed by atoms with Gasteiger partial charge < -0.3 is 5.32 Å². The van der Waals surface area contributed by atoms with Gasteiger partial charge in [-0.3, -0.25) is 9.69 Å². The van der Waals surface area contributed by atoms with Gasteiger partial charge in [-0.05, 0) is 54.1 Å². The van der Waals surface area contributed by atoms with Crippen molar-refractivity contribution in [3.05, 3.63) is 83.7 Å². The zero-order valence-electron chi connectivity index (χ0n) is 16.4. The Bertz CT molecular complexity index is 1080. The van der Waals surface area contributed by atoms with Gasteiger partial charge in [-0.2, -0.15) is 0 Å². The summed E-state index contributed by atoms with van der Waals surface area (Å²) in [6.07, 6.45) is 0. The van der Waals surface area contributed by atoms with Crippen LogP contribution in [0.2, 0.25) is 0 Å². The van der Waals surface area contributed by atoms with E-state index in [1.165, 1.54) is 17.0 Å². The lowest BCUT2D eigenvalue weighted by Gasteiger charge is -2.25. The predicted molar refractivity (Wildman–Crippen MR) is 109 cm³/mol. The highest BCUT2D eigenvalue weighted by Crippen LogP contribution is 2.31. The standard InChI is InChI=1S/C23H22FN3O2/c1-23(19-10-9-17-5-3-4-6-18(17)13-19)21(28)27(22(29)25-23)15-26(2)14-16-7-11-20(24)12-8-16/h3-13H,14-15H2,1-2H3,(H,25,29)/t23-/m0/s1. The van der Waals surface area contributed by atoms with Gasteiger partial charge in [0.2, 0.25) is 0 Å². The van der Waals surface area contributed by atoms with Gasteiger partial charge in [-0.1, -0.05) is 48.5 Å². The Kier molecular flexibility index (Phi) is 4.80. The van der Waals surface area contributed by atoms with Crippen LogP contribution in [0.1, 0.15) is 18.1 Å². The van der Waals surface area contributed by atoms with Crippen LogP contribution >= 0.6 is 0 Å². The maximum Gasteiger partial charge on any atom is 0.326 e. The van der Waals surface area contributed by atoms with E-state index in [2.05, 4.69) is 5.32 Å². The summed E-state index contributed by atoms with van der Waals surface area (Å²) in [4.78, 5) is 28.8. The van der Waals surface area contributed by atoms with Crippen LogP contribution in [0.5, 0.6) is 0 Å². The number of halogens is 1. The molecule has 0 radical (unpaired) electrons. The Morgan fingerprint density at radius 3 is 2.41 bits per heavy atom. The SMILES string of the molecule is CN(Cc1ccc(F)cc1)CN1C(=O)N[C@@](C)(c2ccc3ccccc3c2)C1=O. The smallest absolute Gasteiger partial charge is 0.319 e. The molecule has 6 heteroatoms. The molecule has 0 aliphatic carbocycles. The molecular weight excluding hydrogens is 369 g/mol. The molecule has 1 saturated heterocycles. The van der Waals surface area contributed by atoms with Crippen molar-refractivity contribution in [2.24, 2.45) is 0 Å². The summed E-state index contributed by atoms with van der Waals surface area (Å²) in [5.74, 6) is -0.583. The van der Waals surface area contributed by atoms with Crippen molar-refractivity contribution in [3.8, 4) is 0 Å². The first kappa shape index (κ1) is 19.1. The van der Waals surface area contributed by atoms with Crippen molar-refractivity contribution in [1.29, 1.82) is 0 Å². The lowest BCUT2D eigenvalue weighted by atomic mass is 9.90. The van der Waals surface area contributed by atoms with E-state index in [4.69, 9.17) is 0 Å². The van der Waals surface area contributed by atoms with Gasteiger partial charge in [0, 0.05) is 6.54 Å². The number of rotatable bonds is 5. The molecule has 3 amide bonds. The van der Waals surface area contributed by atoms with Crippen molar-refractivity contribution >= 4 is 22.7 Å². The summed E-state index contributed by atoms with van der Waals surface area (Å²) in [5, 5.41) is 4.94. The van der Waals surface area contributed by atoms with Crippen molar-refractivity contribution in [1.82, 2.24) is 15.1 Å². The van der Waals surface area contributed by atoms with Crippen LogP contribution in [-0.4, -0.2) is 35.5 Å². The van der Waals surface area contributed by atoms with Gasteiger partial charge >= 0.3 is 6.03 Å². The fourth-order valence-electron chi connectivity index (χ4n) is 3.71. The molecule has 148 valence electrons. The monoisotopic (exact) mass is 391 g/mol. The van der Waals surface area contributed by atoms with E-state index in [9.17, 15) is 14.0 Å². The topological polar surface area (TPSA) is 52.6 Å². The summed E-state index contributed by atoms with van der Waals surface area (Å²) in [5.41, 5.74) is 0.536. The molecule has 4 rings (SSSR count). The largest absolute Gasteiger partial charge is 0.326 e. The Hall–Kier alpha value is -3.25. The average Bonchev–Trinajstić information content (AvgIpc) is 2.93. The zero-order valence-corrected chi connectivity index (χ0v) is 16.4. The molecule has 0 bridgehead atoms. The normalized spacial score (nSPS) is 19.2. The summed E-state index contributed by atoms with van der Waals surface area (Å²) < 4.78 is 13.1. The zero-order chi connectivity index (χ0) is 20.6. The fraction of sp³-hybridized carbons (Fsp3) is 0.217. The molecule has 1 atom stereocenters. The molecule has 5 nitrogen and oxygen atoms in total. The molecule has 0 saturated carbocycles. The molecule has 1 aliphatic heterocycles. The van der Waals surface area contributed by atoms with Gasteiger partial charge in [-0.25, -0.2) is 14.1 Å². The number of nitrogens with one attached hydrogen (secondary N) is 1. The molecule has 0 spiro atoms. The van der Waals surface area contributed by atoms with Crippen LogP contribution < -0.4 is 5.32 Å². The van der Waals surface area contributed by atoms with E-state index >= 15 is 0 Å². The fourth-order valence-corrected chi connectivity index (χ4v) is 3.71. The third-order valence-electron chi connectivity index (χ3n) is 5.35. The highest BCUT2D eigenvalue weighted by atomic mass is 19.1. The number of hydrogen-bond acceptors (Lipinski definition) is 3. The second-order valence-electron chi connectivity index (χ2n) is 7.63. The first-order chi connectivity index (χ1) is 13.9. The van der Waals surface area contributed by atoms with Crippen LogP contribution in [0.3, 0.4) is 0 Å². The van der Waals surface area contributed by atoms with Gasteiger partial charge in [-0.15, -0.1) is 0 Å². The van der Waals surface area contributed by atoms with E-state index < -0.39 is 11.6 Å². The predicted octanol–water partition coefficient (Wildman–Crippen LogP) is 3.84. The minimum absolute atomic E-state index is 0.144. The maximum atomic E-state index is 13.2. The van der Waals surface area contributed by atoms with Crippen LogP contribution in [-0.2, 0) is 16.9 Å². The summed E-state index contributed by atoms with van der Waals surface area (Å²) in [6, 6.07) is 19.4. The van der Waals surface area contributed by atoms with Crippen molar-refractivity contribution < 1.29 is 14.0 Å². The van der Waals surface area contributed by atoms with Crippen LogP contribution in [0.25, 0.3) is 10.8 Å². The van der Waals surface area contributed by atoms with Gasteiger partial charge in [0.05, 0.1) is 6.67 Å². The number of nitrogens with zero attached hydrogens (tertiary/aromatic N) is 2. The molecule has 1 aliphatic rings. The summed E-state index contributed by atoms with van der Waals surface area (Å²) in [7, 11) is 1.82. The Morgan fingerprint density at radius 1 is 1.00 bits per heavy atom. The first-order valence-corrected chi connectivity index (χ1v) is 9.43. The van der Waals surface area contributed by atoms with Gasteiger partial charge in [0.1, 0.15) is 11.4 Å². The molecular formula is C23H22FN3O2. The number of fused-ring (bicyclic) bond motifs is 1. The maximum absolute atomic E-state index is 13.2. The molecule has 1 fully saturated rings. The minimum Gasteiger partial charge on any atom is -0.319 e. The molecule has 1 heterocycles. The number of hydrogen-bond donors (Lipinski definition) is 1. The van der Waals surface area contributed by atoms with Crippen LogP contribution in [0, 0.1) is 5.82 Å². The number of urea groups is 1. The third kappa shape index (κ3) is 3.59. The summed E-state index contributed by atoms with van der Waals surface area (Å²) in [6.45, 7) is 2.37. The lowest BCUT2D eigenvalue weighted by molar-refractivity contribution is -0.132. The molecule has 0 unspecified atom stereocenters. The quantitative estimate of drug-likeness (QED) is 0.673. The van der Waals surface area contributed by atoms with E-state index in [0.717, 1.165) is 21.9 Å². The average molecular weight is 391 g/mol. The number of carbonyl (C=O) groups is 2. The van der Waals surface area contributed by atoms with E-state index in [1.54, 1.807) is 19.1 Å². The van der Waals surface area contributed by atoms with Crippen molar-refractivity contribution in [2.45, 2.75) is 19.0 Å². The van der Waals surface area contributed by atoms with Crippen molar-refractivity contribution in [3.63, 3.8) is 0 Å². The number of amides is 3. The molecule has 29 heavy (non-hydrogen) atoms. The third-order valence-corrected chi connectivity index (χ3v) is 5.35. The Morgan fingerprint density at radius 2 is 1.69 bits per heavy atom. The molecule has 1 N–H and O–H groups in total. The highest BCUT2D eigenvalue weighted by molar-refractivity contribution is 6.07. The number of imide groups is 1. The van der Waals surface area contributed by atoms with Crippen molar-refractivity contribution in [2.75, 3.05) is 13.7 Å². The van der Waals surface area contributed by atoms with Gasteiger partial charge in [0.15, 0.2) is 0 Å². The Labute approximate surface area is 168 Å². The second-order valence-corrected chi connectivity index (χ2v) is 7.63. The summed E-state index contributed by atoms with van der Waals surface area (Å²) >= 11 is 0. The van der Waals surface area contributed by atoms with Crippen LogP contribution in [0.15, 0.2) is 66.7 Å². The van der Waals surface area contributed by atoms with E-state index in [1.807, 2.05) is 54.4 Å². The molecule has 0 aromatic heterocycles. The number of carbonyl (C=O) groups excluding carboxylic acids is 2. The number of benzene rings is 3. The highest BCUT2D eigenvalue weighted by Gasteiger charge is 2.49.